The van der Waals surface area contributed by atoms with Crippen LogP contribution in [0.4, 0.5) is 0 Å². The van der Waals surface area contributed by atoms with E-state index >= 15 is 0 Å². The molecule has 1 rings (SSSR count). The molecule has 20 heavy (non-hydrogen) atoms. The molecule has 0 aromatic heterocycles. The highest BCUT2D eigenvalue weighted by Gasteiger charge is 2.15. The Bertz CT molecular complexity index is 488. The van der Waals surface area contributed by atoms with Crippen LogP contribution in [0.5, 0.6) is 11.5 Å². The Morgan fingerprint density at radius 1 is 1.10 bits per heavy atom. The van der Waals surface area contributed by atoms with Crippen LogP contribution in [0, 0.1) is 0 Å². The molecule has 0 fully saturated rings. The number of amides is 2. The third-order valence-corrected chi connectivity index (χ3v) is 2.74. The van der Waals surface area contributed by atoms with Crippen molar-refractivity contribution >= 4 is 11.8 Å². The molecular formula is C14H20N2O4. The van der Waals surface area contributed by atoms with Crippen LogP contribution in [-0.2, 0) is 9.59 Å². The molecule has 0 saturated heterocycles. The van der Waals surface area contributed by atoms with Crippen LogP contribution in [0.25, 0.3) is 0 Å². The Kier molecular flexibility index (Phi) is 5.83. The third kappa shape index (κ3) is 4.46. The molecule has 110 valence electrons. The van der Waals surface area contributed by atoms with Crippen molar-refractivity contribution in [3.8, 4) is 11.5 Å². The first kappa shape index (κ1) is 15.8. The largest absolute Gasteiger partial charge is 0.493 e. The van der Waals surface area contributed by atoms with E-state index in [0.29, 0.717) is 18.0 Å². The second kappa shape index (κ2) is 7.37. The summed E-state index contributed by atoms with van der Waals surface area (Å²) in [6.07, 6.45) is 0. The van der Waals surface area contributed by atoms with Crippen molar-refractivity contribution in [1.29, 1.82) is 0 Å². The molecule has 0 heterocycles. The summed E-state index contributed by atoms with van der Waals surface area (Å²) < 4.78 is 10.4. The lowest BCUT2D eigenvalue weighted by Gasteiger charge is -2.20. The summed E-state index contributed by atoms with van der Waals surface area (Å²) in [6.45, 7) is 3.17. The SMILES string of the molecule is COc1ccc(C(CNC(C)=O)NC(C)=O)cc1OC. The maximum absolute atomic E-state index is 11.3. The highest BCUT2D eigenvalue weighted by Crippen LogP contribution is 2.29. The van der Waals surface area contributed by atoms with E-state index in [0.717, 1.165) is 5.56 Å². The summed E-state index contributed by atoms with van der Waals surface area (Å²) in [4.78, 5) is 22.3. The molecule has 2 N–H and O–H groups in total. The summed E-state index contributed by atoms with van der Waals surface area (Å²) >= 11 is 0. The van der Waals surface area contributed by atoms with E-state index in [9.17, 15) is 9.59 Å². The van der Waals surface area contributed by atoms with Gasteiger partial charge in [0, 0.05) is 20.4 Å². The first-order valence-corrected chi connectivity index (χ1v) is 6.21. The van der Waals surface area contributed by atoms with Gasteiger partial charge in [0.15, 0.2) is 11.5 Å². The summed E-state index contributed by atoms with van der Waals surface area (Å²) in [5.41, 5.74) is 0.826. The lowest BCUT2D eigenvalue weighted by molar-refractivity contribution is -0.121. The van der Waals surface area contributed by atoms with Crippen LogP contribution in [0.2, 0.25) is 0 Å². The van der Waals surface area contributed by atoms with Crippen LogP contribution in [-0.4, -0.2) is 32.6 Å². The number of benzene rings is 1. The van der Waals surface area contributed by atoms with Gasteiger partial charge in [0.2, 0.25) is 11.8 Å². The van der Waals surface area contributed by atoms with Gasteiger partial charge in [-0.05, 0) is 17.7 Å². The van der Waals surface area contributed by atoms with Crippen molar-refractivity contribution in [1.82, 2.24) is 10.6 Å². The molecule has 6 nitrogen and oxygen atoms in total. The van der Waals surface area contributed by atoms with Crippen molar-refractivity contribution in [3.63, 3.8) is 0 Å². The molecule has 0 radical (unpaired) electrons. The van der Waals surface area contributed by atoms with Gasteiger partial charge in [-0.3, -0.25) is 9.59 Å². The van der Waals surface area contributed by atoms with Gasteiger partial charge in [-0.2, -0.15) is 0 Å². The number of nitrogens with one attached hydrogen (secondary N) is 2. The fraction of sp³-hybridized carbons (Fsp3) is 0.429. The summed E-state index contributed by atoms with van der Waals surface area (Å²) in [6, 6.07) is 5.04. The van der Waals surface area contributed by atoms with Gasteiger partial charge in [0.25, 0.3) is 0 Å². The van der Waals surface area contributed by atoms with Crippen LogP contribution in [0.3, 0.4) is 0 Å². The topological polar surface area (TPSA) is 76.7 Å². The fourth-order valence-corrected chi connectivity index (χ4v) is 1.81. The van der Waals surface area contributed by atoms with E-state index in [4.69, 9.17) is 9.47 Å². The van der Waals surface area contributed by atoms with Gasteiger partial charge in [-0.15, -0.1) is 0 Å². The average molecular weight is 280 g/mol. The Morgan fingerprint density at radius 2 is 1.75 bits per heavy atom. The van der Waals surface area contributed by atoms with E-state index in [1.54, 1.807) is 26.4 Å². The van der Waals surface area contributed by atoms with Crippen molar-refractivity contribution in [2.45, 2.75) is 19.9 Å². The minimum absolute atomic E-state index is 0.152. The molecule has 6 heteroatoms. The Morgan fingerprint density at radius 3 is 2.25 bits per heavy atom. The van der Waals surface area contributed by atoms with Crippen LogP contribution in [0.15, 0.2) is 18.2 Å². The fourth-order valence-electron chi connectivity index (χ4n) is 1.81. The number of hydrogen-bond donors (Lipinski definition) is 2. The monoisotopic (exact) mass is 280 g/mol. The van der Waals surface area contributed by atoms with E-state index in [1.807, 2.05) is 6.07 Å². The number of ether oxygens (including phenoxy) is 2. The number of carbonyl (C=O) groups is 2. The van der Waals surface area contributed by atoms with Gasteiger partial charge in [-0.1, -0.05) is 6.07 Å². The van der Waals surface area contributed by atoms with Crippen LogP contribution < -0.4 is 20.1 Å². The standard InChI is InChI=1S/C14H20N2O4/c1-9(17)15-8-12(16-10(2)18)11-5-6-13(19-3)14(7-11)20-4/h5-7,12H,8H2,1-4H3,(H,15,17)(H,16,18). The first-order valence-electron chi connectivity index (χ1n) is 6.21. The second-order valence-corrected chi connectivity index (χ2v) is 4.30. The van der Waals surface area contributed by atoms with E-state index in [1.165, 1.54) is 13.8 Å². The maximum Gasteiger partial charge on any atom is 0.217 e. The van der Waals surface area contributed by atoms with Crippen LogP contribution in [0.1, 0.15) is 25.5 Å². The second-order valence-electron chi connectivity index (χ2n) is 4.30. The summed E-state index contributed by atoms with van der Waals surface area (Å²) in [5.74, 6) is 0.858. The molecule has 0 bridgehead atoms. The number of methoxy groups -OCH3 is 2. The van der Waals surface area contributed by atoms with Gasteiger partial charge in [-0.25, -0.2) is 0 Å². The van der Waals surface area contributed by atoms with E-state index in [-0.39, 0.29) is 17.9 Å². The summed E-state index contributed by atoms with van der Waals surface area (Å²) in [5, 5.41) is 5.48. The van der Waals surface area contributed by atoms with Crippen molar-refractivity contribution < 1.29 is 19.1 Å². The molecule has 2 amide bonds. The smallest absolute Gasteiger partial charge is 0.217 e. The van der Waals surface area contributed by atoms with Crippen molar-refractivity contribution in [3.05, 3.63) is 23.8 Å². The number of rotatable bonds is 6. The highest BCUT2D eigenvalue weighted by molar-refractivity contribution is 5.74. The molecule has 0 spiro atoms. The van der Waals surface area contributed by atoms with Crippen molar-refractivity contribution in [2.75, 3.05) is 20.8 Å². The van der Waals surface area contributed by atoms with E-state index in [2.05, 4.69) is 10.6 Å². The normalized spacial score (nSPS) is 11.4. The van der Waals surface area contributed by atoms with Gasteiger partial charge < -0.3 is 20.1 Å². The minimum atomic E-state index is -0.323. The Labute approximate surface area is 118 Å². The van der Waals surface area contributed by atoms with Gasteiger partial charge in [0.05, 0.1) is 20.3 Å². The Balaban J connectivity index is 2.99. The minimum Gasteiger partial charge on any atom is -0.493 e. The average Bonchev–Trinajstić information content (AvgIpc) is 2.42. The molecule has 0 aliphatic rings. The van der Waals surface area contributed by atoms with Gasteiger partial charge >= 0.3 is 0 Å². The quantitative estimate of drug-likeness (QED) is 0.815. The molecule has 1 unspecified atom stereocenters. The lowest BCUT2D eigenvalue weighted by Crippen LogP contribution is -2.36. The number of carbonyl (C=O) groups excluding carboxylic acids is 2. The Hall–Kier alpha value is -2.24. The molecule has 1 aromatic rings. The molecule has 1 aromatic carbocycles. The zero-order valence-corrected chi connectivity index (χ0v) is 12.1. The van der Waals surface area contributed by atoms with Crippen molar-refractivity contribution in [2.24, 2.45) is 0 Å². The summed E-state index contributed by atoms with van der Waals surface area (Å²) in [7, 11) is 3.10. The molecule has 0 aliphatic carbocycles. The zero-order valence-electron chi connectivity index (χ0n) is 12.1. The lowest BCUT2D eigenvalue weighted by atomic mass is 10.1. The van der Waals surface area contributed by atoms with Gasteiger partial charge in [0.1, 0.15) is 0 Å². The molecule has 0 saturated carbocycles. The zero-order chi connectivity index (χ0) is 15.1. The third-order valence-electron chi connectivity index (χ3n) is 2.74. The van der Waals surface area contributed by atoms with E-state index < -0.39 is 0 Å². The van der Waals surface area contributed by atoms with Crippen LogP contribution >= 0.6 is 0 Å². The predicted octanol–water partition coefficient (Wildman–Crippen LogP) is 1.02. The highest BCUT2D eigenvalue weighted by atomic mass is 16.5. The maximum atomic E-state index is 11.3. The molecule has 0 aliphatic heterocycles. The number of hydrogen-bond acceptors (Lipinski definition) is 4. The molecular weight excluding hydrogens is 260 g/mol. The first-order chi connectivity index (χ1) is 9.47. The molecule has 1 atom stereocenters. The predicted molar refractivity (Wildman–Crippen MR) is 74.8 cm³/mol.